The average molecular weight is 313 g/mol. The van der Waals surface area contributed by atoms with E-state index in [1.54, 1.807) is 19.2 Å². The summed E-state index contributed by atoms with van der Waals surface area (Å²) < 4.78 is 10.4. The van der Waals surface area contributed by atoms with Crippen LogP contribution < -0.4 is 20.5 Å². The van der Waals surface area contributed by atoms with E-state index in [1.165, 1.54) is 7.11 Å². The van der Waals surface area contributed by atoms with Crippen LogP contribution in [-0.2, 0) is 4.79 Å². The molecule has 0 aliphatic heterocycles. The predicted octanol–water partition coefficient (Wildman–Crippen LogP) is 2.67. The molecule has 0 saturated heterocycles. The lowest BCUT2D eigenvalue weighted by atomic mass is 9.95. The smallest absolute Gasteiger partial charge is 0.227 e. The largest absolute Gasteiger partial charge is 0.493 e. The third-order valence-electron chi connectivity index (χ3n) is 4.03. The summed E-state index contributed by atoms with van der Waals surface area (Å²) in [6, 6.07) is 3.30. The number of ether oxygens (including phenoxy) is 2. The van der Waals surface area contributed by atoms with Crippen molar-refractivity contribution in [3.8, 4) is 11.5 Å². The van der Waals surface area contributed by atoms with E-state index in [0.717, 1.165) is 19.3 Å². The molecular formula is C15H21ClN2O3. The summed E-state index contributed by atoms with van der Waals surface area (Å²) in [6.45, 7) is 0.539. The molecule has 0 bridgehead atoms. The third-order valence-corrected chi connectivity index (χ3v) is 4.34. The van der Waals surface area contributed by atoms with Crippen LogP contribution in [0.3, 0.4) is 0 Å². The Bertz CT molecular complexity index is 522. The number of anilines is 1. The van der Waals surface area contributed by atoms with Gasteiger partial charge >= 0.3 is 0 Å². The minimum Gasteiger partial charge on any atom is -0.493 e. The van der Waals surface area contributed by atoms with E-state index in [1.807, 2.05) is 0 Å². The van der Waals surface area contributed by atoms with Crippen molar-refractivity contribution < 1.29 is 14.3 Å². The summed E-state index contributed by atoms with van der Waals surface area (Å²) in [5.41, 5.74) is 6.26. The van der Waals surface area contributed by atoms with Crippen LogP contribution in [0.4, 0.5) is 5.69 Å². The van der Waals surface area contributed by atoms with Gasteiger partial charge in [-0.05, 0) is 25.3 Å². The maximum Gasteiger partial charge on any atom is 0.227 e. The van der Waals surface area contributed by atoms with Crippen LogP contribution >= 0.6 is 11.6 Å². The Labute approximate surface area is 129 Å². The average Bonchev–Trinajstić information content (AvgIpc) is 2.97. The molecule has 1 aliphatic carbocycles. The minimum atomic E-state index is -0.0424. The summed E-state index contributed by atoms with van der Waals surface area (Å²) in [5, 5.41) is 3.30. The molecule has 21 heavy (non-hydrogen) atoms. The highest BCUT2D eigenvalue weighted by Gasteiger charge is 2.32. The molecular weight excluding hydrogens is 292 g/mol. The lowest BCUT2D eigenvalue weighted by molar-refractivity contribution is -0.120. The van der Waals surface area contributed by atoms with Gasteiger partial charge in [-0.25, -0.2) is 0 Å². The number of amides is 1. The predicted molar refractivity (Wildman–Crippen MR) is 83.1 cm³/mol. The molecule has 2 unspecified atom stereocenters. The SMILES string of the molecule is COc1cc(Cl)c(NC(=O)C2CCCC2CN)cc1OC. The lowest BCUT2D eigenvalue weighted by Gasteiger charge is -2.18. The van der Waals surface area contributed by atoms with E-state index >= 15 is 0 Å². The Morgan fingerprint density at radius 3 is 2.62 bits per heavy atom. The number of carbonyl (C=O) groups is 1. The minimum absolute atomic E-state index is 0.0305. The van der Waals surface area contributed by atoms with Gasteiger partial charge in [-0.2, -0.15) is 0 Å². The molecule has 2 atom stereocenters. The molecule has 0 heterocycles. The van der Waals surface area contributed by atoms with Crippen molar-refractivity contribution >= 4 is 23.2 Å². The highest BCUT2D eigenvalue weighted by molar-refractivity contribution is 6.34. The van der Waals surface area contributed by atoms with E-state index in [2.05, 4.69) is 5.32 Å². The van der Waals surface area contributed by atoms with Gasteiger partial charge in [0.2, 0.25) is 5.91 Å². The molecule has 1 aromatic carbocycles. The quantitative estimate of drug-likeness (QED) is 0.876. The number of carbonyl (C=O) groups excluding carboxylic acids is 1. The van der Waals surface area contributed by atoms with Crippen LogP contribution in [0.15, 0.2) is 12.1 Å². The Hall–Kier alpha value is -1.46. The molecule has 1 fully saturated rings. The van der Waals surface area contributed by atoms with Crippen molar-refractivity contribution in [2.45, 2.75) is 19.3 Å². The van der Waals surface area contributed by atoms with Gasteiger partial charge in [-0.3, -0.25) is 4.79 Å². The summed E-state index contributed by atoms with van der Waals surface area (Å²) in [4.78, 5) is 12.4. The second kappa shape index (κ2) is 7.00. The van der Waals surface area contributed by atoms with E-state index in [-0.39, 0.29) is 17.7 Å². The molecule has 3 N–H and O–H groups in total. The summed E-state index contributed by atoms with van der Waals surface area (Å²) in [5.74, 6) is 1.24. The van der Waals surface area contributed by atoms with Crippen LogP contribution in [0.5, 0.6) is 11.5 Å². The number of nitrogens with two attached hydrogens (primary N) is 1. The molecule has 0 aromatic heterocycles. The molecule has 0 spiro atoms. The molecule has 5 nitrogen and oxygen atoms in total. The number of halogens is 1. The van der Waals surface area contributed by atoms with Crippen molar-refractivity contribution in [3.63, 3.8) is 0 Å². The Morgan fingerprint density at radius 1 is 1.33 bits per heavy atom. The van der Waals surface area contributed by atoms with Gasteiger partial charge in [0.25, 0.3) is 0 Å². The number of nitrogens with one attached hydrogen (secondary N) is 1. The van der Waals surface area contributed by atoms with E-state index in [0.29, 0.717) is 28.8 Å². The molecule has 116 valence electrons. The van der Waals surface area contributed by atoms with Crippen LogP contribution in [0.2, 0.25) is 5.02 Å². The number of hydrogen-bond donors (Lipinski definition) is 2. The van der Waals surface area contributed by atoms with Gasteiger partial charge in [0.15, 0.2) is 11.5 Å². The van der Waals surface area contributed by atoms with Gasteiger partial charge < -0.3 is 20.5 Å². The maximum absolute atomic E-state index is 12.4. The zero-order chi connectivity index (χ0) is 15.4. The molecule has 2 rings (SSSR count). The third kappa shape index (κ3) is 3.41. The van der Waals surface area contributed by atoms with Gasteiger partial charge in [-0.15, -0.1) is 0 Å². The number of benzene rings is 1. The van der Waals surface area contributed by atoms with E-state index in [4.69, 9.17) is 26.8 Å². The van der Waals surface area contributed by atoms with Crippen molar-refractivity contribution in [2.24, 2.45) is 17.6 Å². The van der Waals surface area contributed by atoms with Gasteiger partial charge in [0, 0.05) is 18.1 Å². The fraction of sp³-hybridized carbons (Fsp3) is 0.533. The standard InChI is InChI=1S/C15H21ClN2O3/c1-20-13-6-11(16)12(7-14(13)21-2)18-15(19)10-5-3-4-9(10)8-17/h6-7,9-10H,3-5,8,17H2,1-2H3,(H,18,19). The summed E-state index contributed by atoms with van der Waals surface area (Å²) >= 11 is 6.18. The lowest BCUT2D eigenvalue weighted by Crippen LogP contribution is -2.29. The first-order chi connectivity index (χ1) is 10.1. The molecule has 1 aliphatic rings. The summed E-state index contributed by atoms with van der Waals surface area (Å²) in [7, 11) is 3.08. The highest BCUT2D eigenvalue weighted by atomic mass is 35.5. The van der Waals surface area contributed by atoms with Gasteiger partial charge in [-0.1, -0.05) is 18.0 Å². The van der Waals surface area contributed by atoms with Crippen molar-refractivity contribution in [1.29, 1.82) is 0 Å². The first kappa shape index (κ1) is 15.9. The Kier molecular flexibility index (Phi) is 5.31. The fourth-order valence-corrected chi connectivity index (χ4v) is 3.04. The van der Waals surface area contributed by atoms with Crippen LogP contribution in [0, 0.1) is 11.8 Å². The van der Waals surface area contributed by atoms with Gasteiger partial charge in [0.05, 0.1) is 24.9 Å². The Balaban J connectivity index is 2.17. The van der Waals surface area contributed by atoms with E-state index < -0.39 is 0 Å². The normalized spacial score (nSPS) is 21.1. The van der Waals surface area contributed by atoms with Gasteiger partial charge in [0.1, 0.15) is 0 Å². The Morgan fingerprint density at radius 2 is 2.00 bits per heavy atom. The molecule has 1 aromatic rings. The second-order valence-corrected chi connectivity index (χ2v) is 5.62. The van der Waals surface area contributed by atoms with Crippen LogP contribution in [0.25, 0.3) is 0 Å². The maximum atomic E-state index is 12.4. The van der Waals surface area contributed by atoms with E-state index in [9.17, 15) is 4.79 Å². The zero-order valence-corrected chi connectivity index (χ0v) is 13.1. The molecule has 1 saturated carbocycles. The first-order valence-electron chi connectivity index (χ1n) is 7.03. The fourth-order valence-electron chi connectivity index (χ4n) is 2.84. The molecule has 6 heteroatoms. The topological polar surface area (TPSA) is 73.6 Å². The first-order valence-corrected chi connectivity index (χ1v) is 7.41. The molecule has 1 amide bonds. The number of hydrogen-bond acceptors (Lipinski definition) is 4. The van der Waals surface area contributed by atoms with Crippen molar-refractivity contribution in [2.75, 3.05) is 26.1 Å². The van der Waals surface area contributed by atoms with Crippen LogP contribution in [-0.4, -0.2) is 26.7 Å². The van der Waals surface area contributed by atoms with Crippen molar-refractivity contribution in [3.05, 3.63) is 17.2 Å². The monoisotopic (exact) mass is 312 g/mol. The molecule has 0 radical (unpaired) electrons. The zero-order valence-electron chi connectivity index (χ0n) is 12.3. The highest BCUT2D eigenvalue weighted by Crippen LogP contribution is 2.37. The van der Waals surface area contributed by atoms with Crippen LogP contribution in [0.1, 0.15) is 19.3 Å². The van der Waals surface area contributed by atoms with Crippen molar-refractivity contribution in [1.82, 2.24) is 0 Å². The number of rotatable bonds is 5. The summed E-state index contributed by atoms with van der Waals surface area (Å²) in [6.07, 6.45) is 2.92. The second-order valence-electron chi connectivity index (χ2n) is 5.21. The number of methoxy groups -OCH3 is 2.